The molecule has 0 unspecified atom stereocenters. The molecule has 1 aromatic carbocycles. The Bertz CT molecular complexity index is 333. The van der Waals surface area contributed by atoms with Crippen LogP contribution in [-0.2, 0) is 16.0 Å². The zero-order valence-corrected chi connectivity index (χ0v) is 12.8. The highest BCUT2D eigenvalue weighted by Crippen LogP contribution is 2.17. The van der Waals surface area contributed by atoms with Crippen LogP contribution in [0.3, 0.4) is 0 Å². The lowest BCUT2D eigenvalue weighted by atomic mass is 10.2. The van der Waals surface area contributed by atoms with Crippen molar-refractivity contribution >= 4 is 15.9 Å². The molecule has 0 heterocycles. The van der Waals surface area contributed by atoms with Crippen LogP contribution in [0.1, 0.15) is 12.0 Å². The zero-order chi connectivity index (χ0) is 13.2. The van der Waals surface area contributed by atoms with E-state index in [9.17, 15) is 0 Å². The molecule has 0 saturated carbocycles. The lowest BCUT2D eigenvalue weighted by Gasteiger charge is -2.22. The molecule has 0 spiro atoms. The summed E-state index contributed by atoms with van der Waals surface area (Å²) in [6.07, 6.45) is 1.05. The molecule has 102 valence electrons. The van der Waals surface area contributed by atoms with Crippen LogP contribution in [0, 0.1) is 0 Å². The molecule has 0 radical (unpaired) electrons. The lowest BCUT2D eigenvalue weighted by Crippen LogP contribution is -2.28. The van der Waals surface area contributed by atoms with Gasteiger partial charge in [0.1, 0.15) is 0 Å². The molecule has 0 atom stereocenters. The van der Waals surface area contributed by atoms with Crippen molar-refractivity contribution in [3.05, 3.63) is 34.3 Å². The number of hydrogen-bond donors (Lipinski definition) is 0. The predicted octanol–water partition coefficient (Wildman–Crippen LogP) is 2.93. The highest BCUT2D eigenvalue weighted by atomic mass is 79.9. The molecule has 0 aliphatic heterocycles. The summed E-state index contributed by atoms with van der Waals surface area (Å²) < 4.78 is 11.4. The summed E-state index contributed by atoms with van der Waals surface area (Å²) in [6.45, 7) is 4.48. The van der Waals surface area contributed by atoms with Crippen LogP contribution in [0.25, 0.3) is 0 Å². The molecule has 1 rings (SSSR count). The van der Waals surface area contributed by atoms with Crippen LogP contribution in [-0.4, -0.2) is 45.4 Å². The maximum absolute atomic E-state index is 5.16. The van der Waals surface area contributed by atoms with Crippen molar-refractivity contribution in [1.29, 1.82) is 0 Å². The van der Waals surface area contributed by atoms with Crippen molar-refractivity contribution in [2.24, 2.45) is 0 Å². The number of nitrogens with zero attached hydrogens (tertiary/aromatic N) is 1. The Labute approximate surface area is 118 Å². The minimum absolute atomic E-state index is 0.761. The number of benzene rings is 1. The molecule has 0 N–H and O–H groups in total. The summed E-state index contributed by atoms with van der Waals surface area (Å²) in [5.74, 6) is 0. The molecule has 4 heteroatoms. The topological polar surface area (TPSA) is 21.7 Å². The van der Waals surface area contributed by atoms with Gasteiger partial charge in [0.2, 0.25) is 0 Å². The van der Waals surface area contributed by atoms with Gasteiger partial charge in [0.25, 0.3) is 0 Å². The quantitative estimate of drug-likeness (QED) is 0.654. The fourth-order valence-electron chi connectivity index (χ4n) is 1.79. The van der Waals surface area contributed by atoms with Crippen molar-refractivity contribution in [3.63, 3.8) is 0 Å². The highest BCUT2D eigenvalue weighted by Gasteiger charge is 2.07. The van der Waals surface area contributed by atoms with Gasteiger partial charge in [-0.1, -0.05) is 34.1 Å². The van der Waals surface area contributed by atoms with E-state index in [1.165, 1.54) is 10.0 Å². The van der Waals surface area contributed by atoms with Gasteiger partial charge >= 0.3 is 0 Å². The van der Waals surface area contributed by atoms with Gasteiger partial charge in [-0.2, -0.15) is 0 Å². The smallest absolute Gasteiger partial charge is 0.0589 e. The second-order valence-corrected chi connectivity index (χ2v) is 5.06. The van der Waals surface area contributed by atoms with E-state index in [4.69, 9.17) is 9.47 Å². The van der Waals surface area contributed by atoms with Crippen molar-refractivity contribution < 1.29 is 9.47 Å². The molecular weight excluding hydrogens is 294 g/mol. The standard InChI is InChI=1S/C14H22BrNO2/c1-17-10-5-8-16(9-11-18-2)12-13-6-3-4-7-14(13)15/h3-4,6-7H,5,8-12H2,1-2H3. The molecule has 1 aromatic rings. The SMILES string of the molecule is COCCCN(CCOC)Cc1ccccc1Br. The third-order valence-corrected chi connectivity index (χ3v) is 3.56. The van der Waals surface area contributed by atoms with Crippen molar-refractivity contribution in [2.75, 3.05) is 40.5 Å². The van der Waals surface area contributed by atoms with Gasteiger partial charge in [-0.25, -0.2) is 0 Å². The Balaban J connectivity index is 2.51. The van der Waals surface area contributed by atoms with Crippen LogP contribution in [0.4, 0.5) is 0 Å². The Kier molecular flexibility index (Phi) is 8.25. The number of halogens is 1. The van der Waals surface area contributed by atoms with Gasteiger partial charge in [-0.05, 0) is 18.1 Å². The first-order valence-electron chi connectivity index (χ1n) is 6.21. The fraction of sp³-hybridized carbons (Fsp3) is 0.571. The molecule has 0 saturated heterocycles. The molecule has 3 nitrogen and oxygen atoms in total. The number of methoxy groups -OCH3 is 2. The minimum Gasteiger partial charge on any atom is -0.385 e. The van der Waals surface area contributed by atoms with E-state index in [1.807, 2.05) is 6.07 Å². The Hall–Kier alpha value is -0.420. The molecule has 0 fully saturated rings. The average Bonchev–Trinajstić information content (AvgIpc) is 2.38. The maximum Gasteiger partial charge on any atom is 0.0589 e. The summed E-state index contributed by atoms with van der Waals surface area (Å²) in [5.41, 5.74) is 1.31. The minimum atomic E-state index is 0.761. The summed E-state index contributed by atoms with van der Waals surface area (Å²) in [5, 5.41) is 0. The van der Waals surface area contributed by atoms with Gasteiger partial charge in [0.05, 0.1) is 6.61 Å². The van der Waals surface area contributed by atoms with Gasteiger partial charge in [-0.15, -0.1) is 0 Å². The first-order chi connectivity index (χ1) is 8.77. The number of hydrogen-bond acceptors (Lipinski definition) is 3. The van der Waals surface area contributed by atoms with E-state index >= 15 is 0 Å². The van der Waals surface area contributed by atoms with E-state index in [0.29, 0.717) is 0 Å². The molecule has 0 amide bonds. The molecule has 0 aromatic heterocycles. The zero-order valence-electron chi connectivity index (χ0n) is 11.2. The fourth-order valence-corrected chi connectivity index (χ4v) is 2.20. The van der Waals surface area contributed by atoms with Crippen LogP contribution >= 0.6 is 15.9 Å². The first-order valence-corrected chi connectivity index (χ1v) is 7.01. The first kappa shape index (κ1) is 15.6. The van der Waals surface area contributed by atoms with Crippen LogP contribution in [0.15, 0.2) is 28.7 Å². The van der Waals surface area contributed by atoms with Crippen molar-refractivity contribution in [1.82, 2.24) is 4.90 Å². The molecule has 0 aliphatic carbocycles. The Morgan fingerprint density at radius 3 is 2.44 bits per heavy atom. The van der Waals surface area contributed by atoms with Gasteiger partial charge in [0.15, 0.2) is 0 Å². The van der Waals surface area contributed by atoms with Crippen molar-refractivity contribution in [3.8, 4) is 0 Å². The van der Waals surface area contributed by atoms with E-state index in [0.717, 1.165) is 39.3 Å². The van der Waals surface area contributed by atoms with E-state index in [1.54, 1.807) is 14.2 Å². The van der Waals surface area contributed by atoms with E-state index in [-0.39, 0.29) is 0 Å². The Morgan fingerprint density at radius 2 is 1.78 bits per heavy atom. The molecular formula is C14H22BrNO2. The van der Waals surface area contributed by atoms with Crippen LogP contribution in [0.2, 0.25) is 0 Å². The summed E-state index contributed by atoms with van der Waals surface area (Å²) in [7, 11) is 3.49. The number of ether oxygens (including phenoxy) is 2. The summed E-state index contributed by atoms with van der Waals surface area (Å²) in [4.78, 5) is 2.39. The largest absolute Gasteiger partial charge is 0.385 e. The molecule has 0 bridgehead atoms. The summed E-state index contributed by atoms with van der Waals surface area (Å²) in [6, 6.07) is 8.35. The third kappa shape index (κ3) is 5.96. The Morgan fingerprint density at radius 1 is 1.06 bits per heavy atom. The summed E-state index contributed by atoms with van der Waals surface area (Å²) >= 11 is 3.59. The normalized spacial score (nSPS) is 11.1. The number of rotatable bonds is 9. The lowest BCUT2D eigenvalue weighted by molar-refractivity contribution is 0.129. The second kappa shape index (κ2) is 9.50. The van der Waals surface area contributed by atoms with Gasteiger partial charge in [0, 0.05) is 44.9 Å². The van der Waals surface area contributed by atoms with Crippen LogP contribution < -0.4 is 0 Å². The predicted molar refractivity (Wildman–Crippen MR) is 77.8 cm³/mol. The molecule has 0 aliphatic rings. The monoisotopic (exact) mass is 315 g/mol. The van der Waals surface area contributed by atoms with Gasteiger partial charge in [-0.3, -0.25) is 4.90 Å². The van der Waals surface area contributed by atoms with Crippen LogP contribution in [0.5, 0.6) is 0 Å². The van der Waals surface area contributed by atoms with E-state index in [2.05, 4.69) is 39.0 Å². The highest BCUT2D eigenvalue weighted by molar-refractivity contribution is 9.10. The maximum atomic E-state index is 5.16. The molecule has 18 heavy (non-hydrogen) atoms. The van der Waals surface area contributed by atoms with Gasteiger partial charge < -0.3 is 9.47 Å². The van der Waals surface area contributed by atoms with Crippen molar-refractivity contribution in [2.45, 2.75) is 13.0 Å². The average molecular weight is 316 g/mol. The third-order valence-electron chi connectivity index (χ3n) is 2.79. The second-order valence-electron chi connectivity index (χ2n) is 4.21. The van der Waals surface area contributed by atoms with E-state index < -0.39 is 0 Å².